The smallest absolute Gasteiger partial charge is 0.390 e. The van der Waals surface area contributed by atoms with Crippen LogP contribution in [0.25, 0.3) is 0 Å². The van der Waals surface area contributed by atoms with Crippen molar-refractivity contribution in [2.24, 2.45) is 0 Å². The molecular weight excluding hydrogens is 199 g/mol. The van der Waals surface area contributed by atoms with Crippen molar-refractivity contribution in [2.45, 2.75) is 25.4 Å². The van der Waals surface area contributed by atoms with E-state index in [-0.39, 0.29) is 13.0 Å². The number of halogens is 3. The van der Waals surface area contributed by atoms with Crippen LogP contribution >= 0.6 is 0 Å². The Kier molecular flexibility index (Phi) is 5.52. The minimum Gasteiger partial charge on any atom is -0.481 e. The Morgan fingerprint density at radius 3 is 2.36 bits per heavy atom. The Labute approximate surface area is 80.5 Å². The minimum absolute atomic E-state index is 0.00361. The van der Waals surface area contributed by atoms with Crippen LogP contribution < -0.4 is 0 Å². The van der Waals surface area contributed by atoms with Crippen LogP contribution in [0.5, 0.6) is 0 Å². The van der Waals surface area contributed by atoms with Crippen LogP contribution in [-0.2, 0) is 4.79 Å². The van der Waals surface area contributed by atoms with Crippen molar-refractivity contribution in [3.05, 3.63) is 0 Å². The molecule has 1 N–H and O–H groups in total. The van der Waals surface area contributed by atoms with Crippen LogP contribution in [0.15, 0.2) is 0 Å². The van der Waals surface area contributed by atoms with Gasteiger partial charge in [0.2, 0.25) is 0 Å². The Morgan fingerprint density at radius 1 is 1.36 bits per heavy atom. The fourth-order valence-electron chi connectivity index (χ4n) is 0.930. The predicted molar refractivity (Wildman–Crippen MR) is 45.0 cm³/mol. The molecule has 0 aromatic heterocycles. The van der Waals surface area contributed by atoms with Gasteiger partial charge in [0, 0.05) is 13.0 Å². The molecule has 0 unspecified atom stereocenters. The fourth-order valence-corrected chi connectivity index (χ4v) is 0.930. The number of carbonyl (C=O) groups is 1. The van der Waals surface area contributed by atoms with E-state index in [0.717, 1.165) is 0 Å². The third kappa shape index (κ3) is 9.31. The van der Waals surface area contributed by atoms with Crippen LogP contribution in [0, 0.1) is 0 Å². The Morgan fingerprint density at radius 2 is 1.93 bits per heavy atom. The van der Waals surface area contributed by atoms with Gasteiger partial charge in [0.15, 0.2) is 0 Å². The highest BCUT2D eigenvalue weighted by Crippen LogP contribution is 2.19. The Balaban J connectivity index is 3.46. The monoisotopic (exact) mass is 213 g/mol. The second-order valence-corrected chi connectivity index (χ2v) is 3.17. The second kappa shape index (κ2) is 5.85. The largest absolute Gasteiger partial charge is 0.481 e. The molecule has 0 atom stereocenters. The summed E-state index contributed by atoms with van der Waals surface area (Å²) in [6.45, 7) is 0.297. The first-order chi connectivity index (χ1) is 6.31. The maximum atomic E-state index is 11.7. The van der Waals surface area contributed by atoms with Gasteiger partial charge < -0.3 is 10.0 Å². The summed E-state index contributed by atoms with van der Waals surface area (Å²) in [6.07, 6.45) is -4.61. The van der Waals surface area contributed by atoms with Gasteiger partial charge in [0.05, 0.1) is 6.42 Å². The first-order valence-electron chi connectivity index (χ1n) is 4.28. The standard InChI is InChI=1S/C8H14F3NO2/c1-12(5-2-3-7(13)14)6-4-8(9,10)11/h2-6H2,1H3,(H,13,14). The summed E-state index contributed by atoms with van der Waals surface area (Å²) in [5, 5.41) is 8.29. The topological polar surface area (TPSA) is 40.5 Å². The van der Waals surface area contributed by atoms with E-state index in [1.807, 2.05) is 0 Å². The molecule has 6 heteroatoms. The average Bonchev–Trinajstić information content (AvgIpc) is 1.99. The summed E-state index contributed by atoms with van der Waals surface area (Å²) in [5.74, 6) is -0.922. The van der Waals surface area contributed by atoms with E-state index in [1.54, 1.807) is 7.05 Å². The fraction of sp³-hybridized carbons (Fsp3) is 0.875. The lowest BCUT2D eigenvalue weighted by Crippen LogP contribution is -2.25. The van der Waals surface area contributed by atoms with Crippen molar-refractivity contribution in [3.8, 4) is 0 Å². The second-order valence-electron chi connectivity index (χ2n) is 3.17. The van der Waals surface area contributed by atoms with Gasteiger partial charge in [-0.05, 0) is 20.0 Å². The third-order valence-electron chi connectivity index (χ3n) is 1.71. The molecule has 0 fully saturated rings. The molecule has 3 nitrogen and oxygen atoms in total. The van der Waals surface area contributed by atoms with E-state index in [1.165, 1.54) is 4.90 Å². The number of aliphatic carboxylic acids is 1. The van der Waals surface area contributed by atoms with Gasteiger partial charge in [-0.15, -0.1) is 0 Å². The zero-order valence-corrected chi connectivity index (χ0v) is 7.97. The van der Waals surface area contributed by atoms with Crippen LogP contribution in [0.3, 0.4) is 0 Å². The SMILES string of the molecule is CN(CCCC(=O)O)CCC(F)(F)F. The number of rotatable bonds is 6. The summed E-state index contributed by atoms with van der Waals surface area (Å²) >= 11 is 0. The Bertz CT molecular complexity index is 182. The first kappa shape index (κ1) is 13.2. The molecule has 0 heterocycles. The van der Waals surface area contributed by atoms with Gasteiger partial charge >= 0.3 is 12.1 Å². The van der Waals surface area contributed by atoms with Crippen molar-refractivity contribution in [1.29, 1.82) is 0 Å². The summed E-state index contributed by atoms with van der Waals surface area (Å²) in [4.78, 5) is 11.6. The van der Waals surface area contributed by atoms with Crippen LogP contribution in [0.4, 0.5) is 13.2 Å². The quantitative estimate of drug-likeness (QED) is 0.730. The number of nitrogens with zero attached hydrogens (tertiary/aromatic N) is 1. The molecule has 0 radical (unpaired) electrons. The molecule has 0 aromatic carbocycles. The zero-order chi connectivity index (χ0) is 11.2. The molecular formula is C8H14F3NO2. The maximum Gasteiger partial charge on any atom is 0.390 e. The molecule has 0 saturated heterocycles. The molecule has 0 aromatic rings. The molecule has 0 aliphatic carbocycles. The van der Waals surface area contributed by atoms with Gasteiger partial charge in [0.1, 0.15) is 0 Å². The van der Waals surface area contributed by atoms with E-state index in [0.29, 0.717) is 13.0 Å². The molecule has 0 aliphatic rings. The van der Waals surface area contributed by atoms with Gasteiger partial charge in [-0.3, -0.25) is 4.79 Å². The van der Waals surface area contributed by atoms with Crippen molar-refractivity contribution in [2.75, 3.05) is 20.1 Å². The van der Waals surface area contributed by atoms with E-state index < -0.39 is 18.6 Å². The minimum atomic E-state index is -4.14. The number of hydrogen-bond donors (Lipinski definition) is 1. The molecule has 0 rings (SSSR count). The van der Waals surface area contributed by atoms with Crippen LogP contribution in [-0.4, -0.2) is 42.3 Å². The highest BCUT2D eigenvalue weighted by Gasteiger charge is 2.26. The first-order valence-corrected chi connectivity index (χ1v) is 4.28. The number of hydrogen-bond acceptors (Lipinski definition) is 2. The highest BCUT2D eigenvalue weighted by atomic mass is 19.4. The summed E-state index contributed by atoms with van der Waals surface area (Å²) in [6, 6.07) is 0. The average molecular weight is 213 g/mol. The Hall–Kier alpha value is -0.780. The molecule has 0 aliphatic heterocycles. The van der Waals surface area contributed by atoms with Crippen molar-refractivity contribution >= 4 is 5.97 Å². The van der Waals surface area contributed by atoms with Gasteiger partial charge in [0.25, 0.3) is 0 Å². The van der Waals surface area contributed by atoms with Crippen LogP contribution in [0.2, 0.25) is 0 Å². The summed E-state index contributed by atoms with van der Waals surface area (Å²) in [7, 11) is 1.55. The maximum absolute atomic E-state index is 11.7. The van der Waals surface area contributed by atoms with E-state index in [4.69, 9.17) is 5.11 Å². The predicted octanol–water partition coefficient (Wildman–Crippen LogP) is 1.74. The molecule has 0 amide bonds. The summed E-state index contributed by atoms with van der Waals surface area (Å²) in [5.41, 5.74) is 0. The van der Waals surface area contributed by atoms with Crippen molar-refractivity contribution in [3.63, 3.8) is 0 Å². The lowest BCUT2D eigenvalue weighted by atomic mass is 10.3. The third-order valence-corrected chi connectivity index (χ3v) is 1.71. The van der Waals surface area contributed by atoms with Gasteiger partial charge in [-0.2, -0.15) is 13.2 Å². The van der Waals surface area contributed by atoms with Crippen LogP contribution in [0.1, 0.15) is 19.3 Å². The van der Waals surface area contributed by atoms with E-state index >= 15 is 0 Å². The molecule has 0 bridgehead atoms. The number of alkyl halides is 3. The normalized spacial score (nSPS) is 12.1. The number of carboxylic acid groups (broad SMARTS) is 1. The molecule has 0 saturated carbocycles. The lowest BCUT2D eigenvalue weighted by Gasteiger charge is -2.16. The van der Waals surface area contributed by atoms with Crippen molar-refractivity contribution in [1.82, 2.24) is 4.90 Å². The molecule has 84 valence electrons. The molecule has 14 heavy (non-hydrogen) atoms. The highest BCUT2D eigenvalue weighted by molar-refractivity contribution is 5.66. The van der Waals surface area contributed by atoms with Gasteiger partial charge in [-0.25, -0.2) is 0 Å². The molecule has 0 spiro atoms. The van der Waals surface area contributed by atoms with Gasteiger partial charge in [-0.1, -0.05) is 0 Å². The zero-order valence-electron chi connectivity index (χ0n) is 7.97. The number of carboxylic acids is 1. The van der Waals surface area contributed by atoms with E-state index in [9.17, 15) is 18.0 Å². The van der Waals surface area contributed by atoms with E-state index in [2.05, 4.69) is 0 Å². The lowest BCUT2D eigenvalue weighted by molar-refractivity contribution is -0.139. The van der Waals surface area contributed by atoms with Crippen molar-refractivity contribution < 1.29 is 23.1 Å². The summed E-state index contributed by atoms with van der Waals surface area (Å²) < 4.78 is 35.2.